The summed E-state index contributed by atoms with van der Waals surface area (Å²) in [5.41, 5.74) is 1.16. The van der Waals surface area contributed by atoms with Crippen LogP contribution >= 0.6 is 0 Å². The summed E-state index contributed by atoms with van der Waals surface area (Å²) in [6.45, 7) is 3.48. The number of hydrogen-bond donors (Lipinski definition) is 1. The van der Waals surface area contributed by atoms with Crippen LogP contribution in [0.3, 0.4) is 0 Å². The fourth-order valence-corrected chi connectivity index (χ4v) is 3.20. The molecule has 1 heterocycles. The molecule has 0 unspecified atom stereocenters. The third-order valence-electron chi connectivity index (χ3n) is 4.82. The highest BCUT2D eigenvalue weighted by Crippen LogP contribution is 2.17. The first-order chi connectivity index (χ1) is 14.2. The summed E-state index contributed by atoms with van der Waals surface area (Å²) in [5.74, 6) is 1.05. The Morgan fingerprint density at radius 3 is 2.24 bits per heavy atom. The van der Waals surface area contributed by atoms with E-state index >= 15 is 0 Å². The second-order valence-corrected chi connectivity index (χ2v) is 6.75. The van der Waals surface area contributed by atoms with Crippen LogP contribution in [-0.2, 0) is 9.59 Å². The lowest BCUT2D eigenvalue weighted by atomic mass is 10.2. The van der Waals surface area contributed by atoms with Crippen LogP contribution < -0.4 is 19.7 Å². The molecule has 0 aromatic heterocycles. The number of benzene rings is 2. The van der Waals surface area contributed by atoms with Crippen LogP contribution in [0.4, 0.5) is 5.69 Å². The Balaban J connectivity index is 1.32. The number of amides is 2. The molecule has 7 nitrogen and oxygen atoms in total. The molecule has 1 N–H and O–H groups in total. The van der Waals surface area contributed by atoms with Crippen molar-refractivity contribution in [3.63, 3.8) is 0 Å². The van der Waals surface area contributed by atoms with E-state index in [0.717, 1.165) is 24.5 Å². The molecule has 3 rings (SSSR count). The Labute approximate surface area is 171 Å². The number of piperazine rings is 1. The minimum atomic E-state index is -0.279. The van der Waals surface area contributed by atoms with Gasteiger partial charge in [-0.05, 0) is 36.4 Å². The van der Waals surface area contributed by atoms with E-state index in [4.69, 9.17) is 9.47 Å². The SMILES string of the molecule is COc1ccc(OCCNC(=O)CC(=O)N2CCN(c3ccccc3)CC2)cc1. The third kappa shape index (κ3) is 6.14. The molecule has 7 heteroatoms. The standard InChI is InChI=1S/C22H27N3O4/c1-28-19-7-9-20(10-8-19)29-16-11-23-21(26)17-22(27)25-14-12-24(13-15-25)18-5-3-2-4-6-18/h2-10H,11-17H2,1H3,(H,23,26). The van der Waals surface area contributed by atoms with Crippen LogP contribution in [0.5, 0.6) is 11.5 Å². The number of anilines is 1. The lowest BCUT2D eigenvalue weighted by Gasteiger charge is -2.36. The van der Waals surface area contributed by atoms with Crippen LogP contribution in [0.25, 0.3) is 0 Å². The summed E-state index contributed by atoms with van der Waals surface area (Å²) in [4.78, 5) is 28.4. The van der Waals surface area contributed by atoms with Crippen molar-refractivity contribution >= 4 is 17.5 Å². The minimum absolute atomic E-state index is 0.131. The van der Waals surface area contributed by atoms with Crippen molar-refractivity contribution in [3.05, 3.63) is 54.6 Å². The van der Waals surface area contributed by atoms with Crippen molar-refractivity contribution in [2.45, 2.75) is 6.42 Å². The van der Waals surface area contributed by atoms with Crippen molar-refractivity contribution in [1.29, 1.82) is 0 Å². The van der Waals surface area contributed by atoms with Crippen LogP contribution in [0.15, 0.2) is 54.6 Å². The number of carbonyl (C=O) groups is 2. The zero-order valence-electron chi connectivity index (χ0n) is 16.7. The van der Waals surface area contributed by atoms with Crippen molar-refractivity contribution < 1.29 is 19.1 Å². The summed E-state index contributed by atoms with van der Waals surface area (Å²) in [6.07, 6.45) is -0.131. The average molecular weight is 397 g/mol. The van der Waals surface area contributed by atoms with Gasteiger partial charge in [-0.3, -0.25) is 9.59 Å². The maximum absolute atomic E-state index is 12.4. The topological polar surface area (TPSA) is 71.1 Å². The van der Waals surface area contributed by atoms with Gasteiger partial charge in [0.15, 0.2) is 0 Å². The van der Waals surface area contributed by atoms with E-state index in [1.54, 1.807) is 24.1 Å². The van der Waals surface area contributed by atoms with Gasteiger partial charge < -0.3 is 24.6 Å². The molecule has 0 bridgehead atoms. The van der Waals surface area contributed by atoms with E-state index in [0.29, 0.717) is 32.0 Å². The van der Waals surface area contributed by atoms with Gasteiger partial charge in [0.2, 0.25) is 11.8 Å². The molecule has 1 aliphatic heterocycles. The van der Waals surface area contributed by atoms with Crippen LogP contribution in [-0.4, -0.2) is 63.2 Å². The molecule has 1 aliphatic rings. The molecule has 0 spiro atoms. The Morgan fingerprint density at radius 2 is 1.59 bits per heavy atom. The van der Waals surface area contributed by atoms with Gasteiger partial charge in [0.05, 0.1) is 13.7 Å². The highest BCUT2D eigenvalue weighted by atomic mass is 16.5. The van der Waals surface area contributed by atoms with E-state index in [1.807, 2.05) is 30.3 Å². The average Bonchev–Trinajstić information content (AvgIpc) is 2.78. The predicted octanol–water partition coefficient (Wildman–Crippen LogP) is 1.93. The van der Waals surface area contributed by atoms with E-state index in [-0.39, 0.29) is 18.2 Å². The number of nitrogens with one attached hydrogen (secondary N) is 1. The maximum atomic E-state index is 12.4. The van der Waals surface area contributed by atoms with E-state index in [9.17, 15) is 9.59 Å². The van der Waals surface area contributed by atoms with E-state index in [1.165, 1.54) is 0 Å². The van der Waals surface area contributed by atoms with E-state index in [2.05, 4.69) is 22.3 Å². The molecular formula is C22H27N3O4. The summed E-state index contributed by atoms with van der Waals surface area (Å²) >= 11 is 0. The Hall–Kier alpha value is -3.22. The summed E-state index contributed by atoms with van der Waals surface area (Å²) in [6, 6.07) is 17.4. The summed E-state index contributed by atoms with van der Waals surface area (Å²) in [5, 5.41) is 2.73. The molecule has 29 heavy (non-hydrogen) atoms. The number of rotatable bonds is 8. The molecule has 1 fully saturated rings. The highest BCUT2D eigenvalue weighted by Gasteiger charge is 2.22. The van der Waals surface area contributed by atoms with Gasteiger partial charge in [-0.15, -0.1) is 0 Å². The van der Waals surface area contributed by atoms with Gasteiger partial charge >= 0.3 is 0 Å². The van der Waals surface area contributed by atoms with Gasteiger partial charge in [0.1, 0.15) is 24.5 Å². The normalized spacial score (nSPS) is 13.7. The quantitative estimate of drug-likeness (QED) is 0.544. The second-order valence-electron chi connectivity index (χ2n) is 6.75. The molecule has 0 saturated carbocycles. The lowest BCUT2D eigenvalue weighted by molar-refractivity contribution is -0.136. The highest BCUT2D eigenvalue weighted by molar-refractivity contribution is 5.97. The third-order valence-corrected chi connectivity index (χ3v) is 4.82. The zero-order chi connectivity index (χ0) is 20.5. The number of nitrogens with zero attached hydrogens (tertiary/aromatic N) is 2. The van der Waals surface area contributed by atoms with Gasteiger partial charge in [-0.1, -0.05) is 18.2 Å². The van der Waals surface area contributed by atoms with Crippen molar-refractivity contribution in [2.24, 2.45) is 0 Å². The minimum Gasteiger partial charge on any atom is -0.497 e. The molecular weight excluding hydrogens is 370 g/mol. The monoisotopic (exact) mass is 397 g/mol. The van der Waals surface area contributed by atoms with Crippen molar-refractivity contribution in [3.8, 4) is 11.5 Å². The molecule has 0 atom stereocenters. The maximum Gasteiger partial charge on any atom is 0.232 e. The first-order valence-electron chi connectivity index (χ1n) is 9.77. The number of carbonyl (C=O) groups excluding carboxylic acids is 2. The van der Waals surface area contributed by atoms with E-state index < -0.39 is 0 Å². The molecule has 2 aromatic carbocycles. The summed E-state index contributed by atoms with van der Waals surface area (Å²) in [7, 11) is 1.61. The first kappa shape index (κ1) is 20.5. The van der Waals surface area contributed by atoms with Gasteiger partial charge in [0.25, 0.3) is 0 Å². The fraction of sp³-hybridized carbons (Fsp3) is 0.364. The van der Waals surface area contributed by atoms with Crippen LogP contribution in [0, 0.1) is 0 Å². The van der Waals surface area contributed by atoms with Crippen molar-refractivity contribution in [1.82, 2.24) is 10.2 Å². The van der Waals surface area contributed by atoms with Gasteiger partial charge in [0, 0.05) is 31.9 Å². The molecule has 154 valence electrons. The Kier molecular flexibility index (Phi) is 7.33. The summed E-state index contributed by atoms with van der Waals surface area (Å²) < 4.78 is 10.7. The smallest absolute Gasteiger partial charge is 0.232 e. The molecule has 2 aromatic rings. The van der Waals surface area contributed by atoms with Gasteiger partial charge in [-0.2, -0.15) is 0 Å². The molecule has 0 radical (unpaired) electrons. The van der Waals surface area contributed by atoms with Gasteiger partial charge in [-0.25, -0.2) is 0 Å². The number of para-hydroxylation sites is 1. The van der Waals surface area contributed by atoms with Crippen LogP contribution in [0.2, 0.25) is 0 Å². The number of methoxy groups -OCH3 is 1. The molecule has 1 saturated heterocycles. The number of hydrogen-bond acceptors (Lipinski definition) is 5. The fourth-order valence-electron chi connectivity index (χ4n) is 3.20. The predicted molar refractivity (Wildman–Crippen MR) is 111 cm³/mol. The Bertz CT molecular complexity index is 787. The number of ether oxygens (including phenoxy) is 2. The zero-order valence-corrected chi connectivity index (χ0v) is 16.7. The molecule has 0 aliphatic carbocycles. The van der Waals surface area contributed by atoms with Crippen LogP contribution in [0.1, 0.15) is 6.42 Å². The Morgan fingerprint density at radius 1 is 0.931 bits per heavy atom. The lowest BCUT2D eigenvalue weighted by Crippen LogP contribution is -2.49. The molecule has 2 amide bonds. The largest absolute Gasteiger partial charge is 0.497 e. The van der Waals surface area contributed by atoms with Crippen molar-refractivity contribution in [2.75, 3.05) is 51.3 Å². The first-order valence-corrected chi connectivity index (χ1v) is 9.77. The second kappa shape index (κ2) is 10.4.